The Morgan fingerprint density at radius 3 is 2.74 bits per heavy atom. The van der Waals surface area contributed by atoms with E-state index < -0.39 is 12.5 Å². The normalized spacial score (nSPS) is 34.4. The van der Waals surface area contributed by atoms with Crippen molar-refractivity contribution in [2.45, 2.75) is 58.7 Å². The van der Waals surface area contributed by atoms with E-state index in [2.05, 4.69) is 32.3 Å². The maximum Gasteiger partial charge on any atom is 0.340 e. The molecule has 0 saturated carbocycles. The lowest BCUT2D eigenvalue weighted by Gasteiger charge is -2.25. The minimum atomic E-state index is -1.44. The molecule has 0 radical (unpaired) electrons. The van der Waals surface area contributed by atoms with Crippen molar-refractivity contribution in [3.05, 3.63) is 35.4 Å². The highest BCUT2D eigenvalue weighted by molar-refractivity contribution is 5.74. The lowest BCUT2D eigenvalue weighted by atomic mass is 9.85. The topological polar surface area (TPSA) is 12.2 Å². The molecule has 1 aromatic carbocycles. The molecule has 1 aliphatic heterocycles. The van der Waals surface area contributed by atoms with Crippen LogP contribution in [-0.2, 0) is 11.1 Å². The summed E-state index contributed by atoms with van der Waals surface area (Å²) in [5.74, 6) is 0.982. The number of ether oxygens (including phenoxy) is 1. The van der Waals surface area contributed by atoms with Crippen LogP contribution in [0.3, 0.4) is 0 Å². The predicted octanol–water partition coefficient (Wildman–Crippen LogP) is 3.55. The van der Waals surface area contributed by atoms with Crippen LogP contribution in [0, 0.1) is 5.92 Å². The van der Waals surface area contributed by atoms with Gasteiger partial charge in [-0.2, -0.15) is 4.58 Å². The van der Waals surface area contributed by atoms with Gasteiger partial charge in [0.25, 0.3) is 0 Å². The molecule has 0 aromatic heterocycles. The fraction of sp³-hybridized carbons (Fsp3) is 0.588. The molecule has 0 bridgehead atoms. The van der Waals surface area contributed by atoms with Crippen molar-refractivity contribution >= 4 is 5.90 Å². The average molecular weight is 261 g/mol. The monoisotopic (exact) mass is 261 g/mol. The molecular formula is C17H24NO+. The zero-order valence-corrected chi connectivity index (χ0v) is 12.1. The Labute approximate surface area is 120 Å². The van der Waals surface area contributed by atoms with Crippen molar-refractivity contribution in [2.24, 2.45) is 5.92 Å². The number of fused-ring (bicyclic) bond motifs is 3. The lowest BCUT2D eigenvalue weighted by molar-refractivity contribution is -0.592. The largest absolute Gasteiger partial charge is 0.432 e. The maximum absolute atomic E-state index is 8.99. The summed E-state index contributed by atoms with van der Waals surface area (Å²) < 4.78 is 34.1. The molecule has 1 aromatic rings. The van der Waals surface area contributed by atoms with Crippen molar-refractivity contribution < 1.29 is 13.4 Å². The first-order valence-corrected chi connectivity index (χ1v) is 7.12. The summed E-state index contributed by atoms with van der Waals surface area (Å²) in [7, 11) is 0. The quantitative estimate of drug-likeness (QED) is 0.742. The van der Waals surface area contributed by atoms with Gasteiger partial charge in [-0.05, 0) is 39.6 Å². The molecule has 0 unspecified atom stereocenters. The summed E-state index contributed by atoms with van der Waals surface area (Å²) in [5.41, 5.74) is 1.26. The highest BCUT2D eigenvalue weighted by Crippen LogP contribution is 2.39. The van der Waals surface area contributed by atoms with E-state index in [1.807, 2.05) is 18.2 Å². The van der Waals surface area contributed by atoms with Gasteiger partial charge in [-0.15, -0.1) is 0 Å². The molecule has 102 valence electrons. The van der Waals surface area contributed by atoms with Crippen LogP contribution in [0.4, 0.5) is 0 Å². The summed E-state index contributed by atoms with van der Waals surface area (Å²) in [4.78, 5) is 0. The highest BCUT2D eigenvalue weighted by Gasteiger charge is 2.48. The molecule has 0 amide bonds. The number of aryl methyl sites for hydroxylation is 1. The van der Waals surface area contributed by atoms with Gasteiger partial charge >= 0.3 is 5.90 Å². The molecule has 2 nitrogen and oxygen atoms in total. The average Bonchev–Trinajstić information content (AvgIpc) is 2.73. The smallest absolute Gasteiger partial charge is 0.340 e. The van der Waals surface area contributed by atoms with Crippen LogP contribution in [0.2, 0.25) is 0 Å². The molecule has 2 atom stereocenters. The number of hydrogen-bond donors (Lipinski definition) is 0. The van der Waals surface area contributed by atoms with E-state index in [1.165, 1.54) is 0 Å². The van der Waals surface area contributed by atoms with Gasteiger partial charge in [0, 0.05) is 14.7 Å². The third-order valence-corrected chi connectivity index (χ3v) is 3.84. The van der Waals surface area contributed by atoms with E-state index in [-0.39, 0.29) is 24.4 Å². The Hall–Kier alpha value is -1.31. The van der Waals surface area contributed by atoms with Gasteiger partial charge in [-0.1, -0.05) is 24.3 Å². The zero-order valence-electron chi connectivity index (χ0n) is 15.1. The van der Waals surface area contributed by atoms with E-state index in [4.69, 9.17) is 8.85 Å². The molecule has 2 aliphatic rings. The minimum Gasteiger partial charge on any atom is -0.432 e. The van der Waals surface area contributed by atoms with E-state index >= 15 is 0 Å². The first-order chi connectivity index (χ1) is 10.2. The van der Waals surface area contributed by atoms with E-state index in [1.54, 1.807) is 6.07 Å². The highest BCUT2D eigenvalue weighted by atomic mass is 16.5. The van der Waals surface area contributed by atoms with E-state index in [0.29, 0.717) is 11.1 Å². The van der Waals surface area contributed by atoms with Crippen LogP contribution >= 0.6 is 0 Å². The minimum absolute atomic E-state index is 0.174. The van der Waals surface area contributed by atoms with Crippen molar-refractivity contribution in [3.63, 3.8) is 0 Å². The van der Waals surface area contributed by atoms with Crippen LogP contribution in [0.15, 0.2) is 24.3 Å². The molecule has 1 aliphatic carbocycles. The summed E-state index contributed by atoms with van der Waals surface area (Å²) in [5, 5.41) is 0. The SMILES string of the molecule is [2H]C1([2H])C[C@@H]2[N+](C(C)C)=C(C(C)C)O[C@]2([2H])c2ccccc21. The van der Waals surface area contributed by atoms with Crippen molar-refractivity contribution in [3.8, 4) is 0 Å². The standard InChI is InChI=1S/C17H24NO/c1-11(2)17-18(12(3)4)15-10-9-13-7-5-6-8-14(13)16(15)19-17/h5-8,11-12,15-16H,9-10H2,1-4H3/q+1/t15-,16+/m0/s1/i9D2,16D. The van der Waals surface area contributed by atoms with Gasteiger partial charge in [-0.3, -0.25) is 0 Å². The Bertz CT molecular complexity index is 639. The molecule has 2 heteroatoms. The number of nitrogens with zero attached hydrogens (tertiary/aromatic N) is 1. The first kappa shape index (κ1) is 9.57. The van der Waals surface area contributed by atoms with Crippen molar-refractivity contribution in [2.75, 3.05) is 0 Å². The molecule has 0 saturated heterocycles. The first-order valence-electron chi connectivity index (χ1n) is 8.62. The molecule has 1 heterocycles. The summed E-state index contributed by atoms with van der Waals surface area (Å²) in [6.07, 6.45) is -2.37. The fourth-order valence-electron chi connectivity index (χ4n) is 3.03. The van der Waals surface area contributed by atoms with Gasteiger partial charge in [0.15, 0.2) is 18.2 Å². The van der Waals surface area contributed by atoms with Crippen LogP contribution in [0.5, 0.6) is 0 Å². The molecular weight excluding hydrogens is 234 g/mol. The number of hydrogen-bond acceptors (Lipinski definition) is 1. The molecule has 3 rings (SSSR count). The van der Waals surface area contributed by atoms with Gasteiger partial charge in [0.05, 0.1) is 7.29 Å². The molecule has 0 spiro atoms. The van der Waals surface area contributed by atoms with Crippen LogP contribution in [0.1, 0.15) is 55.4 Å². The fourth-order valence-corrected chi connectivity index (χ4v) is 3.03. The summed E-state index contributed by atoms with van der Waals surface area (Å²) in [6, 6.07) is 7.21. The second kappa shape index (κ2) is 4.66. The Kier molecular flexibility index (Phi) is 2.35. The lowest BCUT2D eigenvalue weighted by Crippen LogP contribution is -2.36. The Morgan fingerprint density at radius 1 is 1.32 bits per heavy atom. The molecule has 0 N–H and O–H groups in total. The second-order valence-electron chi connectivity index (χ2n) is 5.90. The van der Waals surface area contributed by atoms with Crippen molar-refractivity contribution in [1.29, 1.82) is 0 Å². The van der Waals surface area contributed by atoms with E-state index in [0.717, 1.165) is 5.90 Å². The second-order valence-corrected chi connectivity index (χ2v) is 5.90. The van der Waals surface area contributed by atoms with Crippen LogP contribution in [-0.4, -0.2) is 22.6 Å². The summed E-state index contributed by atoms with van der Waals surface area (Å²) in [6.45, 7) is 8.28. The predicted molar refractivity (Wildman–Crippen MR) is 77.6 cm³/mol. The summed E-state index contributed by atoms with van der Waals surface area (Å²) >= 11 is 0. The Morgan fingerprint density at radius 2 is 2.05 bits per heavy atom. The van der Waals surface area contributed by atoms with Gasteiger partial charge < -0.3 is 4.74 Å². The maximum atomic E-state index is 8.99. The van der Waals surface area contributed by atoms with Gasteiger partial charge in [0.2, 0.25) is 0 Å². The van der Waals surface area contributed by atoms with Gasteiger partial charge in [-0.25, -0.2) is 0 Å². The van der Waals surface area contributed by atoms with Crippen molar-refractivity contribution in [1.82, 2.24) is 0 Å². The third kappa shape index (κ3) is 1.98. The zero-order chi connectivity index (χ0) is 16.3. The van der Waals surface area contributed by atoms with E-state index in [9.17, 15) is 0 Å². The van der Waals surface area contributed by atoms with Crippen LogP contribution < -0.4 is 0 Å². The van der Waals surface area contributed by atoms with Crippen LogP contribution in [0.25, 0.3) is 0 Å². The molecule has 19 heavy (non-hydrogen) atoms. The number of benzene rings is 1. The number of rotatable bonds is 2. The molecule has 0 fully saturated rings. The third-order valence-electron chi connectivity index (χ3n) is 3.84. The van der Waals surface area contributed by atoms with Gasteiger partial charge in [0.1, 0.15) is 0 Å². The Balaban J connectivity index is 2.21.